The van der Waals surface area contributed by atoms with Crippen LogP contribution in [0.15, 0.2) is 83.1 Å². The van der Waals surface area contributed by atoms with Crippen LogP contribution in [0.5, 0.6) is 0 Å². The van der Waals surface area contributed by atoms with E-state index in [1.807, 2.05) is 58.0 Å². The molecular weight excluding hydrogens is 438 g/mol. The van der Waals surface area contributed by atoms with E-state index in [-0.39, 0.29) is 11.7 Å². The van der Waals surface area contributed by atoms with E-state index in [4.69, 9.17) is 0 Å². The quantitative estimate of drug-likeness (QED) is 0.397. The summed E-state index contributed by atoms with van der Waals surface area (Å²) in [7, 11) is 0. The Morgan fingerprint density at radius 1 is 1.03 bits per heavy atom. The number of amides is 1. The van der Waals surface area contributed by atoms with Gasteiger partial charge in [0.2, 0.25) is 5.91 Å². The summed E-state index contributed by atoms with van der Waals surface area (Å²) in [4.78, 5) is 20.4. The largest absolute Gasteiger partial charge is 0.310 e. The number of para-hydroxylation sites is 2. The molecule has 0 spiro atoms. The topological polar surface area (TPSA) is 63.9 Å². The van der Waals surface area contributed by atoms with E-state index < -0.39 is 0 Å². The SMILES string of the molecule is Cc1ccccc1-n1c(SCC(=O)N2CCSc3ccccc32)nnc1-c1cccnc1. The molecule has 1 aliphatic rings. The van der Waals surface area contributed by atoms with Crippen LogP contribution in [-0.2, 0) is 4.79 Å². The fourth-order valence-corrected chi connectivity index (χ4v) is 5.53. The van der Waals surface area contributed by atoms with Crippen molar-refractivity contribution >= 4 is 35.1 Å². The Morgan fingerprint density at radius 2 is 1.84 bits per heavy atom. The Kier molecular flexibility index (Phi) is 5.96. The van der Waals surface area contributed by atoms with Gasteiger partial charge in [-0.15, -0.1) is 22.0 Å². The fourth-order valence-electron chi connectivity index (χ4n) is 3.71. The van der Waals surface area contributed by atoms with E-state index in [1.165, 1.54) is 11.8 Å². The lowest BCUT2D eigenvalue weighted by Gasteiger charge is -2.28. The first kappa shape index (κ1) is 20.8. The van der Waals surface area contributed by atoms with Crippen molar-refractivity contribution in [3.05, 3.63) is 78.6 Å². The summed E-state index contributed by atoms with van der Waals surface area (Å²) in [6, 6.07) is 20.0. The minimum absolute atomic E-state index is 0.0741. The Hall–Kier alpha value is -3.10. The first-order chi connectivity index (χ1) is 15.7. The summed E-state index contributed by atoms with van der Waals surface area (Å²) in [6.07, 6.45) is 3.52. The van der Waals surface area contributed by atoms with E-state index in [1.54, 1.807) is 24.2 Å². The molecule has 0 saturated carbocycles. The van der Waals surface area contributed by atoms with Crippen molar-refractivity contribution in [3.63, 3.8) is 0 Å². The van der Waals surface area contributed by atoms with Crippen LogP contribution < -0.4 is 4.90 Å². The molecule has 5 rings (SSSR count). The third-order valence-electron chi connectivity index (χ3n) is 5.26. The van der Waals surface area contributed by atoms with Gasteiger partial charge in [0.1, 0.15) is 0 Å². The number of thioether (sulfide) groups is 2. The van der Waals surface area contributed by atoms with Crippen LogP contribution in [-0.4, -0.2) is 43.7 Å². The minimum atomic E-state index is 0.0741. The van der Waals surface area contributed by atoms with Crippen molar-refractivity contribution in [3.8, 4) is 17.1 Å². The molecular formula is C24H21N5OS2. The number of rotatable bonds is 5. The van der Waals surface area contributed by atoms with Crippen LogP contribution in [0.1, 0.15) is 5.56 Å². The predicted octanol–water partition coefficient (Wildman–Crippen LogP) is 4.87. The number of carbonyl (C=O) groups is 1. The van der Waals surface area contributed by atoms with Crippen molar-refractivity contribution in [2.45, 2.75) is 17.0 Å². The van der Waals surface area contributed by atoms with Crippen LogP contribution in [0.4, 0.5) is 5.69 Å². The number of anilines is 1. The van der Waals surface area contributed by atoms with Crippen molar-refractivity contribution in [1.29, 1.82) is 0 Å². The summed E-state index contributed by atoms with van der Waals surface area (Å²) in [6.45, 7) is 2.77. The lowest BCUT2D eigenvalue weighted by molar-refractivity contribution is -0.116. The zero-order valence-corrected chi connectivity index (χ0v) is 19.1. The molecule has 2 aromatic carbocycles. The molecule has 0 saturated heterocycles. The summed E-state index contributed by atoms with van der Waals surface area (Å²) < 4.78 is 2.02. The monoisotopic (exact) mass is 459 g/mol. The average molecular weight is 460 g/mol. The number of carbonyl (C=O) groups excluding carboxylic acids is 1. The van der Waals surface area contributed by atoms with Gasteiger partial charge in [-0.1, -0.05) is 42.1 Å². The van der Waals surface area contributed by atoms with Crippen LogP contribution in [0.25, 0.3) is 17.1 Å². The normalized spacial score (nSPS) is 13.1. The molecule has 3 heterocycles. The van der Waals surface area contributed by atoms with E-state index in [2.05, 4.69) is 34.2 Å². The highest BCUT2D eigenvalue weighted by atomic mass is 32.2. The number of aryl methyl sites for hydroxylation is 1. The number of nitrogens with zero attached hydrogens (tertiary/aromatic N) is 5. The highest BCUT2D eigenvalue weighted by molar-refractivity contribution is 8.00. The maximum absolute atomic E-state index is 13.2. The highest BCUT2D eigenvalue weighted by Gasteiger charge is 2.24. The fraction of sp³-hybridized carbons (Fsp3) is 0.167. The molecule has 0 fully saturated rings. The third-order valence-corrected chi connectivity index (χ3v) is 7.22. The lowest BCUT2D eigenvalue weighted by Crippen LogP contribution is -2.36. The van der Waals surface area contributed by atoms with Gasteiger partial charge in [0.05, 0.1) is 17.1 Å². The summed E-state index contributed by atoms with van der Waals surface area (Å²) in [5, 5.41) is 9.59. The summed E-state index contributed by atoms with van der Waals surface area (Å²) >= 11 is 3.21. The van der Waals surface area contributed by atoms with E-state index in [0.29, 0.717) is 17.5 Å². The molecule has 0 bridgehead atoms. The highest BCUT2D eigenvalue weighted by Crippen LogP contribution is 2.35. The van der Waals surface area contributed by atoms with Gasteiger partial charge < -0.3 is 4.90 Å². The van der Waals surface area contributed by atoms with Gasteiger partial charge >= 0.3 is 0 Å². The van der Waals surface area contributed by atoms with E-state index >= 15 is 0 Å². The van der Waals surface area contributed by atoms with Crippen molar-refractivity contribution in [2.24, 2.45) is 0 Å². The van der Waals surface area contributed by atoms with Gasteiger partial charge in [-0.3, -0.25) is 14.3 Å². The zero-order chi connectivity index (χ0) is 21.9. The van der Waals surface area contributed by atoms with Crippen LogP contribution >= 0.6 is 23.5 Å². The average Bonchev–Trinajstić information content (AvgIpc) is 3.26. The number of fused-ring (bicyclic) bond motifs is 1. The van der Waals surface area contributed by atoms with E-state index in [9.17, 15) is 4.79 Å². The molecule has 4 aromatic rings. The predicted molar refractivity (Wildman–Crippen MR) is 130 cm³/mol. The van der Waals surface area contributed by atoms with Gasteiger partial charge in [0.15, 0.2) is 11.0 Å². The smallest absolute Gasteiger partial charge is 0.237 e. The van der Waals surface area contributed by atoms with Crippen molar-refractivity contribution < 1.29 is 4.79 Å². The van der Waals surface area contributed by atoms with Gasteiger partial charge in [-0.2, -0.15) is 0 Å². The maximum atomic E-state index is 13.2. The van der Waals surface area contributed by atoms with Crippen LogP contribution in [0.2, 0.25) is 0 Å². The Labute approximate surface area is 195 Å². The second kappa shape index (κ2) is 9.18. The molecule has 0 aliphatic carbocycles. The maximum Gasteiger partial charge on any atom is 0.237 e. The standard InChI is InChI=1S/C24H21N5OS2/c1-17-7-2-3-9-19(17)29-23(18-8-6-12-25-15-18)26-27-24(29)32-16-22(30)28-13-14-31-21-11-5-4-10-20(21)28/h2-12,15H,13-14,16H2,1H3. The van der Waals surface area contributed by atoms with Crippen molar-refractivity contribution in [1.82, 2.24) is 19.7 Å². The van der Waals surface area contributed by atoms with Crippen molar-refractivity contribution in [2.75, 3.05) is 23.0 Å². The number of pyridine rings is 1. The Bertz CT molecular complexity index is 1260. The lowest BCUT2D eigenvalue weighted by atomic mass is 10.2. The molecule has 6 nitrogen and oxygen atoms in total. The molecule has 32 heavy (non-hydrogen) atoms. The molecule has 0 N–H and O–H groups in total. The zero-order valence-electron chi connectivity index (χ0n) is 17.5. The molecule has 0 unspecified atom stereocenters. The molecule has 0 atom stereocenters. The second-order valence-corrected chi connectivity index (χ2v) is 9.40. The third kappa shape index (κ3) is 4.03. The number of aromatic nitrogens is 4. The summed E-state index contributed by atoms with van der Waals surface area (Å²) in [5.74, 6) is 1.97. The molecule has 160 valence electrons. The molecule has 1 aliphatic heterocycles. The molecule has 0 radical (unpaired) electrons. The minimum Gasteiger partial charge on any atom is -0.310 e. The first-order valence-corrected chi connectivity index (χ1v) is 12.3. The molecule has 1 amide bonds. The second-order valence-electron chi connectivity index (χ2n) is 7.32. The van der Waals surface area contributed by atoms with E-state index in [0.717, 1.165) is 33.2 Å². The van der Waals surface area contributed by atoms with Crippen LogP contribution in [0, 0.1) is 6.92 Å². The molecule has 2 aromatic heterocycles. The van der Waals surface area contributed by atoms with Gasteiger partial charge in [0.25, 0.3) is 0 Å². The number of hydrogen-bond acceptors (Lipinski definition) is 6. The van der Waals surface area contributed by atoms with Gasteiger partial charge in [-0.05, 0) is 42.8 Å². The van der Waals surface area contributed by atoms with Gasteiger partial charge in [-0.25, -0.2) is 0 Å². The molecule has 8 heteroatoms. The first-order valence-electron chi connectivity index (χ1n) is 10.3. The summed E-state index contributed by atoms with van der Waals surface area (Å²) in [5.41, 5.74) is 3.97. The van der Waals surface area contributed by atoms with Crippen LogP contribution in [0.3, 0.4) is 0 Å². The number of benzene rings is 2. The number of hydrogen-bond donors (Lipinski definition) is 0. The Morgan fingerprint density at radius 3 is 2.66 bits per heavy atom. The Balaban J connectivity index is 1.45. The van der Waals surface area contributed by atoms with Gasteiger partial charge in [0, 0.05) is 35.2 Å².